The van der Waals surface area contributed by atoms with Crippen LogP contribution in [0.25, 0.3) is 10.9 Å². The van der Waals surface area contributed by atoms with Gasteiger partial charge in [-0.2, -0.15) is 5.10 Å². The number of anilines is 2. The highest BCUT2D eigenvalue weighted by molar-refractivity contribution is 7.80. The van der Waals surface area contributed by atoms with E-state index in [-0.39, 0.29) is 0 Å². The first-order valence-corrected chi connectivity index (χ1v) is 6.81. The maximum absolute atomic E-state index is 5.33. The Kier molecular flexibility index (Phi) is 3.70. The van der Waals surface area contributed by atoms with Crippen molar-refractivity contribution in [3.05, 3.63) is 48.7 Å². The van der Waals surface area contributed by atoms with Crippen LogP contribution in [0.5, 0.6) is 5.75 Å². The zero-order chi connectivity index (χ0) is 14.7. The van der Waals surface area contributed by atoms with Gasteiger partial charge < -0.3 is 15.4 Å². The topological polar surface area (TPSA) is 62.0 Å². The summed E-state index contributed by atoms with van der Waals surface area (Å²) in [5.41, 5.74) is 2.71. The number of H-pyrrole nitrogens is 1. The molecule has 0 saturated carbocycles. The fourth-order valence-electron chi connectivity index (χ4n) is 2.05. The molecule has 1 heterocycles. The number of rotatable bonds is 3. The second-order valence-corrected chi connectivity index (χ2v) is 4.86. The minimum atomic E-state index is 0.502. The number of methoxy groups -OCH3 is 1. The second kappa shape index (κ2) is 5.80. The molecule has 106 valence electrons. The van der Waals surface area contributed by atoms with Crippen LogP contribution in [0.4, 0.5) is 11.4 Å². The lowest BCUT2D eigenvalue weighted by atomic mass is 10.2. The number of nitrogens with zero attached hydrogens (tertiary/aromatic N) is 1. The fourth-order valence-corrected chi connectivity index (χ4v) is 2.28. The lowest BCUT2D eigenvalue weighted by molar-refractivity contribution is 0.417. The Labute approximate surface area is 127 Å². The lowest BCUT2D eigenvalue weighted by Gasteiger charge is -2.13. The van der Waals surface area contributed by atoms with Gasteiger partial charge in [-0.3, -0.25) is 5.10 Å². The van der Waals surface area contributed by atoms with Crippen molar-refractivity contribution in [2.75, 3.05) is 17.7 Å². The van der Waals surface area contributed by atoms with E-state index in [2.05, 4.69) is 20.8 Å². The molecule has 5 nitrogen and oxygen atoms in total. The van der Waals surface area contributed by atoms with Crippen molar-refractivity contribution in [3.63, 3.8) is 0 Å². The molecule has 6 heteroatoms. The first kappa shape index (κ1) is 13.4. The number of aromatic nitrogens is 2. The van der Waals surface area contributed by atoms with Gasteiger partial charge in [-0.15, -0.1) is 0 Å². The van der Waals surface area contributed by atoms with Gasteiger partial charge in [0.1, 0.15) is 5.75 Å². The molecule has 3 aromatic rings. The van der Waals surface area contributed by atoms with E-state index in [1.54, 1.807) is 13.3 Å². The van der Waals surface area contributed by atoms with Crippen molar-refractivity contribution >= 4 is 39.6 Å². The minimum Gasteiger partial charge on any atom is -0.495 e. The molecular weight excluding hydrogens is 284 g/mol. The van der Waals surface area contributed by atoms with Crippen molar-refractivity contribution < 1.29 is 4.74 Å². The second-order valence-electron chi connectivity index (χ2n) is 4.45. The molecule has 0 fully saturated rings. The molecule has 2 aromatic carbocycles. The minimum absolute atomic E-state index is 0.502. The van der Waals surface area contributed by atoms with Crippen molar-refractivity contribution in [2.45, 2.75) is 0 Å². The molecule has 0 radical (unpaired) electrons. The summed E-state index contributed by atoms with van der Waals surface area (Å²) in [4.78, 5) is 0. The molecule has 1 aromatic heterocycles. The van der Waals surface area contributed by atoms with E-state index in [9.17, 15) is 0 Å². The van der Waals surface area contributed by atoms with E-state index in [1.807, 2.05) is 42.5 Å². The Bertz CT molecular complexity index is 784. The maximum atomic E-state index is 5.33. The van der Waals surface area contributed by atoms with E-state index in [1.165, 1.54) is 0 Å². The highest BCUT2D eigenvalue weighted by atomic mass is 32.1. The third-order valence-electron chi connectivity index (χ3n) is 3.05. The lowest BCUT2D eigenvalue weighted by Crippen LogP contribution is -2.19. The van der Waals surface area contributed by atoms with Gasteiger partial charge in [0.15, 0.2) is 5.11 Å². The first-order valence-electron chi connectivity index (χ1n) is 6.40. The fraction of sp³-hybridized carbons (Fsp3) is 0.0667. The monoisotopic (exact) mass is 298 g/mol. The van der Waals surface area contributed by atoms with Gasteiger partial charge in [-0.05, 0) is 42.5 Å². The van der Waals surface area contributed by atoms with Crippen molar-refractivity contribution in [2.24, 2.45) is 0 Å². The summed E-state index contributed by atoms with van der Waals surface area (Å²) in [6.07, 6.45) is 1.78. The molecule has 0 bridgehead atoms. The Morgan fingerprint density at radius 1 is 1.19 bits per heavy atom. The SMILES string of the molecule is COc1ccccc1NC(=S)Nc1ccc2[nH]ncc2c1. The molecule has 0 aliphatic rings. The number of hydrogen-bond donors (Lipinski definition) is 3. The van der Waals surface area contributed by atoms with Crippen LogP contribution in [0.1, 0.15) is 0 Å². The van der Waals surface area contributed by atoms with Crippen LogP contribution in [0, 0.1) is 0 Å². The summed E-state index contributed by atoms with van der Waals surface area (Å²) >= 11 is 5.33. The van der Waals surface area contributed by atoms with Crippen LogP contribution >= 0.6 is 12.2 Å². The highest BCUT2D eigenvalue weighted by Gasteiger charge is 2.05. The molecule has 0 aliphatic carbocycles. The average Bonchev–Trinajstić information content (AvgIpc) is 2.95. The van der Waals surface area contributed by atoms with Crippen LogP contribution in [0.3, 0.4) is 0 Å². The van der Waals surface area contributed by atoms with Crippen molar-refractivity contribution in [1.82, 2.24) is 10.2 Å². The largest absolute Gasteiger partial charge is 0.495 e. The molecule has 0 spiro atoms. The molecule has 0 atom stereocenters. The van der Waals surface area contributed by atoms with Crippen molar-refractivity contribution in [3.8, 4) is 5.75 Å². The van der Waals surface area contributed by atoms with E-state index in [0.29, 0.717) is 5.11 Å². The Hall–Kier alpha value is -2.60. The smallest absolute Gasteiger partial charge is 0.175 e. The van der Waals surface area contributed by atoms with Gasteiger partial charge >= 0.3 is 0 Å². The van der Waals surface area contributed by atoms with Gasteiger partial charge in [0.2, 0.25) is 0 Å². The number of hydrogen-bond acceptors (Lipinski definition) is 3. The number of nitrogens with one attached hydrogen (secondary N) is 3. The third-order valence-corrected chi connectivity index (χ3v) is 3.26. The molecule has 0 saturated heterocycles. The highest BCUT2D eigenvalue weighted by Crippen LogP contribution is 2.23. The number of benzene rings is 2. The van der Waals surface area contributed by atoms with Crippen molar-refractivity contribution in [1.29, 1.82) is 0 Å². The summed E-state index contributed by atoms with van der Waals surface area (Å²) < 4.78 is 5.28. The van der Waals surface area contributed by atoms with Crippen LogP contribution in [0.15, 0.2) is 48.7 Å². The third kappa shape index (κ3) is 2.95. The van der Waals surface area contributed by atoms with Gasteiger partial charge in [0.25, 0.3) is 0 Å². The van der Waals surface area contributed by atoms with Crippen LogP contribution in [-0.4, -0.2) is 22.4 Å². The normalized spacial score (nSPS) is 10.3. The molecule has 0 amide bonds. The van der Waals surface area contributed by atoms with E-state index >= 15 is 0 Å². The zero-order valence-electron chi connectivity index (χ0n) is 11.4. The van der Waals surface area contributed by atoms with E-state index in [0.717, 1.165) is 28.0 Å². The molecule has 0 aliphatic heterocycles. The standard InChI is InChI=1S/C15H14N4OS/c1-20-14-5-3-2-4-13(14)18-15(21)17-11-6-7-12-10(8-11)9-16-19-12/h2-9H,1H3,(H,16,19)(H2,17,18,21). The van der Waals surface area contributed by atoms with E-state index in [4.69, 9.17) is 17.0 Å². The van der Waals surface area contributed by atoms with Gasteiger partial charge in [-0.25, -0.2) is 0 Å². The van der Waals surface area contributed by atoms with Gasteiger partial charge in [0, 0.05) is 11.1 Å². The Balaban J connectivity index is 1.73. The average molecular weight is 298 g/mol. The summed E-state index contributed by atoms with van der Waals surface area (Å²) in [5.74, 6) is 0.743. The molecule has 21 heavy (non-hydrogen) atoms. The number of para-hydroxylation sites is 2. The number of aromatic amines is 1. The van der Waals surface area contributed by atoms with Crippen LogP contribution in [-0.2, 0) is 0 Å². The summed E-state index contributed by atoms with van der Waals surface area (Å²) in [6.45, 7) is 0. The molecule has 0 unspecified atom stereocenters. The zero-order valence-corrected chi connectivity index (χ0v) is 12.2. The first-order chi connectivity index (χ1) is 10.3. The predicted molar refractivity (Wildman–Crippen MR) is 88.9 cm³/mol. The maximum Gasteiger partial charge on any atom is 0.175 e. The number of thiocarbonyl (C=S) groups is 1. The Morgan fingerprint density at radius 3 is 2.90 bits per heavy atom. The number of fused-ring (bicyclic) bond motifs is 1. The summed E-state index contributed by atoms with van der Waals surface area (Å²) in [5, 5.41) is 14.7. The quantitative estimate of drug-likeness (QED) is 0.647. The number of ether oxygens (including phenoxy) is 1. The predicted octanol–water partition coefficient (Wildman–Crippen LogP) is 3.38. The van der Waals surface area contributed by atoms with Crippen LogP contribution in [0.2, 0.25) is 0 Å². The van der Waals surface area contributed by atoms with E-state index < -0.39 is 0 Å². The van der Waals surface area contributed by atoms with Crippen LogP contribution < -0.4 is 15.4 Å². The Morgan fingerprint density at radius 2 is 2.05 bits per heavy atom. The summed E-state index contributed by atoms with van der Waals surface area (Å²) in [6, 6.07) is 13.5. The van der Waals surface area contributed by atoms with Gasteiger partial charge in [0.05, 0.1) is 24.5 Å². The summed E-state index contributed by atoms with van der Waals surface area (Å²) in [7, 11) is 1.63. The molecule has 3 N–H and O–H groups in total. The molecule has 3 rings (SSSR count). The molecular formula is C15H14N4OS. The van der Waals surface area contributed by atoms with Gasteiger partial charge in [-0.1, -0.05) is 12.1 Å².